The summed E-state index contributed by atoms with van der Waals surface area (Å²) in [6.45, 7) is 5.52. The average molecular weight is 660 g/mol. The maximum atomic E-state index is 14.2. The van der Waals surface area contributed by atoms with Crippen molar-refractivity contribution in [2.45, 2.75) is 63.8 Å². The number of para-hydroxylation sites is 1. The summed E-state index contributed by atoms with van der Waals surface area (Å²) in [4.78, 5) is 47.0. The Morgan fingerprint density at radius 2 is 1.64 bits per heavy atom. The van der Waals surface area contributed by atoms with E-state index >= 15 is 0 Å². The predicted molar refractivity (Wildman–Crippen MR) is 183 cm³/mol. The van der Waals surface area contributed by atoms with Crippen LogP contribution in [-0.4, -0.2) is 94.6 Å². The van der Waals surface area contributed by atoms with E-state index in [2.05, 4.69) is 26.9 Å². The summed E-state index contributed by atoms with van der Waals surface area (Å²) in [5.41, 5.74) is 3.74. The lowest BCUT2D eigenvalue weighted by molar-refractivity contribution is -0.143. The normalized spacial score (nSPS) is 21.0. The topological polar surface area (TPSA) is 114 Å². The van der Waals surface area contributed by atoms with Gasteiger partial charge in [0.2, 0.25) is 11.8 Å². The van der Waals surface area contributed by atoms with Crippen molar-refractivity contribution >= 4 is 46.0 Å². The largest absolute Gasteiger partial charge is 0.343 e. The molecule has 1 atom stereocenters. The van der Waals surface area contributed by atoms with Gasteiger partial charge < -0.3 is 25.3 Å². The molecule has 47 heavy (non-hydrogen) atoms. The molecule has 3 N–H and O–H groups in total. The second-order valence-electron chi connectivity index (χ2n) is 13.9. The van der Waals surface area contributed by atoms with Crippen LogP contribution in [0.15, 0.2) is 42.6 Å². The van der Waals surface area contributed by atoms with Crippen LogP contribution in [0.2, 0.25) is 5.02 Å². The van der Waals surface area contributed by atoms with Crippen LogP contribution in [0.3, 0.4) is 0 Å². The summed E-state index contributed by atoms with van der Waals surface area (Å²) in [7, 11) is 0. The molecule has 1 aromatic heterocycles. The third-order valence-corrected chi connectivity index (χ3v) is 11.4. The number of hydrogen-bond acceptors (Lipinski definition) is 5. The van der Waals surface area contributed by atoms with E-state index in [0.29, 0.717) is 37.0 Å². The van der Waals surface area contributed by atoms with E-state index in [4.69, 9.17) is 11.6 Å². The van der Waals surface area contributed by atoms with Gasteiger partial charge in [0, 0.05) is 56.3 Å². The molecule has 3 saturated heterocycles. The average Bonchev–Trinajstić information content (AvgIpc) is 3.52. The Hall–Kier alpha value is -3.63. The van der Waals surface area contributed by atoms with E-state index in [-0.39, 0.29) is 30.3 Å². The number of carbonyl (C=O) groups is 3. The van der Waals surface area contributed by atoms with Gasteiger partial charge in [-0.1, -0.05) is 29.8 Å². The SMILES string of the molecule is O=C(CC(Cc1cc(Cl)c2[nH]ncc2c1)C(=O)N1CCC(C2CCNCC2)CC1)N1CCC(N2CCc3ccccc3NC2=O)CC1. The van der Waals surface area contributed by atoms with Crippen LogP contribution in [0.25, 0.3) is 10.9 Å². The van der Waals surface area contributed by atoms with Crippen molar-refractivity contribution in [3.05, 3.63) is 58.7 Å². The molecule has 0 bridgehead atoms. The summed E-state index contributed by atoms with van der Waals surface area (Å²) in [6.07, 6.45) is 9.13. The van der Waals surface area contributed by atoms with Gasteiger partial charge in [-0.3, -0.25) is 14.7 Å². The minimum atomic E-state index is -0.467. The first kappa shape index (κ1) is 31.9. The number of H-pyrrole nitrogens is 1. The Bertz CT molecular complexity index is 1590. The number of benzene rings is 2. The van der Waals surface area contributed by atoms with Crippen molar-refractivity contribution in [2.75, 3.05) is 51.1 Å². The molecule has 1 unspecified atom stereocenters. The van der Waals surface area contributed by atoms with E-state index in [1.165, 1.54) is 12.8 Å². The van der Waals surface area contributed by atoms with Crippen LogP contribution in [0, 0.1) is 17.8 Å². The van der Waals surface area contributed by atoms with Crippen LogP contribution < -0.4 is 10.6 Å². The zero-order valence-corrected chi connectivity index (χ0v) is 27.8. The summed E-state index contributed by atoms with van der Waals surface area (Å²) >= 11 is 6.58. The van der Waals surface area contributed by atoms with E-state index in [0.717, 1.165) is 91.9 Å². The van der Waals surface area contributed by atoms with Gasteiger partial charge in [-0.15, -0.1) is 0 Å². The van der Waals surface area contributed by atoms with Crippen LogP contribution in [-0.2, 0) is 22.4 Å². The summed E-state index contributed by atoms with van der Waals surface area (Å²) < 4.78 is 0. The minimum absolute atomic E-state index is 0.00889. The van der Waals surface area contributed by atoms with Gasteiger partial charge in [-0.05, 0) is 106 Å². The van der Waals surface area contributed by atoms with Crippen molar-refractivity contribution in [1.82, 2.24) is 30.2 Å². The highest BCUT2D eigenvalue weighted by atomic mass is 35.5. The number of fused-ring (bicyclic) bond motifs is 2. The van der Waals surface area contributed by atoms with E-state index in [1.807, 2.05) is 45.0 Å². The number of nitrogens with one attached hydrogen (secondary N) is 3. The van der Waals surface area contributed by atoms with E-state index in [9.17, 15) is 14.4 Å². The fraction of sp³-hybridized carbons (Fsp3) is 0.556. The zero-order chi connectivity index (χ0) is 32.3. The molecule has 4 aliphatic rings. The van der Waals surface area contributed by atoms with Crippen LogP contribution >= 0.6 is 11.6 Å². The quantitative estimate of drug-likeness (QED) is 0.327. The fourth-order valence-corrected chi connectivity index (χ4v) is 8.68. The van der Waals surface area contributed by atoms with Crippen molar-refractivity contribution in [1.29, 1.82) is 0 Å². The zero-order valence-electron chi connectivity index (χ0n) is 27.1. The highest BCUT2D eigenvalue weighted by Gasteiger charge is 2.36. The molecule has 0 spiro atoms. The first-order chi connectivity index (χ1) is 22.9. The molecule has 3 aromatic rings. The van der Waals surface area contributed by atoms with Gasteiger partial charge in [0.15, 0.2) is 0 Å². The molecule has 7 rings (SSSR count). The van der Waals surface area contributed by atoms with E-state index < -0.39 is 5.92 Å². The number of rotatable bonds is 7. The number of piperidine rings is 3. The van der Waals surface area contributed by atoms with Gasteiger partial charge in [-0.2, -0.15) is 5.10 Å². The molecule has 2 aromatic carbocycles. The smallest absolute Gasteiger partial charge is 0.322 e. The Morgan fingerprint density at radius 3 is 2.43 bits per heavy atom. The highest BCUT2D eigenvalue weighted by Crippen LogP contribution is 2.33. The maximum Gasteiger partial charge on any atom is 0.322 e. The lowest BCUT2D eigenvalue weighted by atomic mass is 9.79. The van der Waals surface area contributed by atoms with Crippen molar-refractivity contribution < 1.29 is 14.4 Å². The Kier molecular flexibility index (Phi) is 9.68. The molecular formula is C36H46ClN7O3. The first-order valence-electron chi connectivity index (χ1n) is 17.5. The molecular weight excluding hydrogens is 614 g/mol. The molecule has 11 heteroatoms. The van der Waals surface area contributed by atoms with Crippen molar-refractivity contribution in [2.24, 2.45) is 17.8 Å². The molecule has 250 valence electrons. The number of carbonyl (C=O) groups excluding carboxylic acids is 3. The van der Waals surface area contributed by atoms with Gasteiger partial charge >= 0.3 is 6.03 Å². The van der Waals surface area contributed by atoms with Crippen molar-refractivity contribution in [3.8, 4) is 0 Å². The van der Waals surface area contributed by atoms with Gasteiger partial charge in [0.1, 0.15) is 0 Å². The third-order valence-electron chi connectivity index (χ3n) is 11.1. The molecule has 0 aliphatic carbocycles. The molecule has 10 nitrogen and oxygen atoms in total. The Morgan fingerprint density at radius 1 is 0.915 bits per heavy atom. The number of aromatic nitrogens is 2. The van der Waals surface area contributed by atoms with E-state index in [1.54, 1.807) is 6.20 Å². The highest BCUT2D eigenvalue weighted by molar-refractivity contribution is 6.35. The minimum Gasteiger partial charge on any atom is -0.343 e. The number of nitrogens with zero attached hydrogens (tertiary/aromatic N) is 4. The maximum absolute atomic E-state index is 14.2. The number of amides is 4. The summed E-state index contributed by atoms with van der Waals surface area (Å²) in [6, 6.07) is 11.9. The van der Waals surface area contributed by atoms with Crippen LogP contribution in [0.1, 0.15) is 56.1 Å². The standard InChI is InChI=1S/C36H46ClN7O3/c37-31-21-24(20-29-23-39-41-34(29)31)19-28(35(46)43-14-7-26(8-15-43)25-5-12-38-13-6-25)22-33(45)42-16-10-30(11-17-42)44-18-9-27-3-1-2-4-32(27)40-36(44)47/h1-4,20-21,23,25-26,28,30,38H,5-19,22H2,(H,39,41)(H,40,47). The monoisotopic (exact) mass is 659 g/mol. The second kappa shape index (κ2) is 14.2. The van der Waals surface area contributed by atoms with Crippen LogP contribution in [0.5, 0.6) is 0 Å². The first-order valence-corrected chi connectivity index (χ1v) is 17.8. The number of halogens is 1. The van der Waals surface area contributed by atoms with Crippen molar-refractivity contribution in [3.63, 3.8) is 0 Å². The molecule has 0 radical (unpaired) electrons. The molecule has 4 amide bonds. The lowest BCUT2D eigenvalue weighted by Crippen LogP contribution is -2.50. The number of aromatic amines is 1. The predicted octanol–water partition coefficient (Wildman–Crippen LogP) is 5.08. The molecule has 0 saturated carbocycles. The van der Waals surface area contributed by atoms with Gasteiger partial charge in [0.05, 0.1) is 22.7 Å². The Labute approximate surface area is 281 Å². The molecule has 4 aliphatic heterocycles. The Balaban J connectivity index is 1.00. The molecule has 5 heterocycles. The number of likely N-dealkylation sites (tertiary alicyclic amines) is 2. The lowest BCUT2D eigenvalue weighted by Gasteiger charge is -2.40. The van der Waals surface area contributed by atoms with Crippen LogP contribution in [0.4, 0.5) is 10.5 Å². The van der Waals surface area contributed by atoms with Gasteiger partial charge in [0.25, 0.3) is 0 Å². The third kappa shape index (κ3) is 7.14. The number of hydrogen-bond donors (Lipinski definition) is 3. The second-order valence-corrected chi connectivity index (χ2v) is 14.3. The molecule has 3 fully saturated rings. The van der Waals surface area contributed by atoms with Gasteiger partial charge in [-0.25, -0.2) is 4.79 Å². The summed E-state index contributed by atoms with van der Waals surface area (Å²) in [5, 5.41) is 15.1. The summed E-state index contributed by atoms with van der Waals surface area (Å²) in [5.74, 6) is 1.03. The number of anilines is 1. The number of urea groups is 1. The fourth-order valence-electron chi connectivity index (χ4n) is 8.39.